The van der Waals surface area contributed by atoms with Crippen molar-refractivity contribution in [3.05, 3.63) is 53.5 Å². The summed E-state index contributed by atoms with van der Waals surface area (Å²) in [4.78, 5) is 20.4. The molecule has 0 radical (unpaired) electrons. The number of pyridine rings is 2. The number of amides is 1. The van der Waals surface area contributed by atoms with Gasteiger partial charge in [-0.25, -0.2) is 4.98 Å². The second-order valence-corrected chi connectivity index (χ2v) is 4.05. The Morgan fingerprint density at radius 1 is 1.40 bits per heavy atom. The first-order valence-corrected chi connectivity index (χ1v) is 6.08. The largest absolute Gasteiger partial charge is 0.320 e. The van der Waals surface area contributed by atoms with Crippen LogP contribution in [0.2, 0.25) is 0 Å². The van der Waals surface area contributed by atoms with Crippen LogP contribution in [0.25, 0.3) is 0 Å². The van der Waals surface area contributed by atoms with E-state index in [1.807, 2.05) is 19.1 Å². The smallest absolute Gasteiger partial charge is 0.258 e. The molecule has 0 fully saturated rings. The predicted molar refractivity (Wildman–Crippen MR) is 77.1 cm³/mol. The predicted octanol–water partition coefficient (Wildman–Crippen LogP) is 1.35. The van der Waals surface area contributed by atoms with Gasteiger partial charge in [0.15, 0.2) is 0 Å². The summed E-state index contributed by atoms with van der Waals surface area (Å²) in [7, 11) is 0. The van der Waals surface area contributed by atoms with E-state index in [0.717, 1.165) is 5.56 Å². The minimum atomic E-state index is -0.268. The van der Waals surface area contributed by atoms with Gasteiger partial charge < -0.3 is 11.1 Å². The lowest BCUT2D eigenvalue weighted by Gasteiger charge is -2.07. The Hall–Kier alpha value is -2.71. The molecule has 100 valence electrons. The molecule has 20 heavy (non-hydrogen) atoms. The number of nitrogens with two attached hydrogens (primary N) is 1. The summed E-state index contributed by atoms with van der Waals surface area (Å²) >= 11 is 0. The van der Waals surface area contributed by atoms with Gasteiger partial charge in [0.1, 0.15) is 5.82 Å². The summed E-state index contributed by atoms with van der Waals surface area (Å²) < 4.78 is 0. The van der Waals surface area contributed by atoms with Gasteiger partial charge in [-0.3, -0.25) is 9.78 Å². The zero-order valence-corrected chi connectivity index (χ0v) is 11.1. The Morgan fingerprint density at radius 3 is 3.00 bits per heavy atom. The van der Waals surface area contributed by atoms with Gasteiger partial charge in [0, 0.05) is 18.6 Å². The molecule has 0 atom stereocenters. The third-order valence-electron chi connectivity index (χ3n) is 2.63. The van der Waals surface area contributed by atoms with Gasteiger partial charge in [0.2, 0.25) is 0 Å². The number of aryl methyl sites for hydroxylation is 1. The fourth-order valence-electron chi connectivity index (χ4n) is 1.63. The maximum atomic E-state index is 12.3. The first-order chi connectivity index (χ1) is 9.72. The molecule has 0 aliphatic heterocycles. The fraction of sp³-hybridized carbons (Fsp3) is 0.133. The zero-order chi connectivity index (χ0) is 14.4. The zero-order valence-electron chi connectivity index (χ0n) is 11.1. The standard InChI is InChI=1S/C15H14N4O/c1-11-4-3-8-18-14(11)19-15(20)13-6-9-17-10-12(13)5-2-7-16/h3-4,6,8-10H,7,16H2,1H3,(H,18,19,20). The second-order valence-electron chi connectivity index (χ2n) is 4.05. The highest BCUT2D eigenvalue weighted by atomic mass is 16.1. The molecular weight excluding hydrogens is 252 g/mol. The number of hydrogen-bond acceptors (Lipinski definition) is 4. The number of aromatic nitrogens is 2. The van der Waals surface area contributed by atoms with Crippen molar-refractivity contribution in [1.82, 2.24) is 9.97 Å². The Kier molecular flexibility index (Phi) is 4.43. The molecule has 0 spiro atoms. The number of hydrogen-bond donors (Lipinski definition) is 2. The molecule has 0 aliphatic rings. The Morgan fingerprint density at radius 2 is 2.25 bits per heavy atom. The van der Waals surface area contributed by atoms with Crippen molar-refractivity contribution >= 4 is 11.7 Å². The third kappa shape index (κ3) is 3.19. The summed E-state index contributed by atoms with van der Waals surface area (Å²) in [6, 6.07) is 5.31. The van der Waals surface area contributed by atoms with E-state index in [2.05, 4.69) is 27.1 Å². The highest BCUT2D eigenvalue weighted by molar-refractivity contribution is 6.05. The highest BCUT2D eigenvalue weighted by Gasteiger charge is 2.11. The molecule has 2 heterocycles. The van der Waals surface area contributed by atoms with Crippen molar-refractivity contribution in [3.8, 4) is 11.8 Å². The van der Waals surface area contributed by atoms with E-state index in [9.17, 15) is 4.79 Å². The fourth-order valence-corrected chi connectivity index (χ4v) is 1.63. The molecule has 0 saturated carbocycles. The van der Waals surface area contributed by atoms with Crippen LogP contribution in [0.15, 0.2) is 36.8 Å². The molecule has 3 N–H and O–H groups in total. The quantitative estimate of drug-likeness (QED) is 0.804. The Labute approximate surface area is 117 Å². The van der Waals surface area contributed by atoms with Crippen molar-refractivity contribution in [2.24, 2.45) is 5.73 Å². The lowest BCUT2D eigenvalue weighted by atomic mass is 10.1. The third-order valence-corrected chi connectivity index (χ3v) is 2.63. The molecular formula is C15H14N4O. The van der Waals surface area contributed by atoms with Gasteiger partial charge >= 0.3 is 0 Å². The average Bonchev–Trinajstić information content (AvgIpc) is 2.47. The van der Waals surface area contributed by atoms with Crippen molar-refractivity contribution < 1.29 is 4.79 Å². The molecule has 2 rings (SSSR count). The van der Waals surface area contributed by atoms with E-state index in [1.54, 1.807) is 24.7 Å². The SMILES string of the molecule is Cc1cccnc1NC(=O)c1ccncc1C#CCN. The number of nitrogens with zero attached hydrogens (tertiary/aromatic N) is 2. The maximum absolute atomic E-state index is 12.3. The molecule has 5 heteroatoms. The summed E-state index contributed by atoms with van der Waals surface area (Å²) in [5.74, 6) is 5.82. The minimum Gasteiger partial charge on any atom is -0.320 e. The Bertz CT molecular complexity index is 686. The lowest BCUT2D eigenvalue weighted by molar-refractivity contribution is 0.102. The van der Waals surface area contributed by atoms with Crippen molar-refractivity contribution in [1.29, 1.82) is 0 Å². The second kappa shape index (κ2) is 6.45. The first kappa shape index (κ1) is 13.7. The van der Waals surface area contributed by atoms with Crippen molar-refractivity contribution in [2.45, 2.75) is 6.92 Å². The van der Waals surface area contributed by atoms with Crippen LogP contribution in [-0.2, 0) is 0 Å². The first-order valence-electron chi connectivity index (χ1n) is 6.08. The molecule has 0 saturated heterocycles. The van der Waals surface area contributed by atoms with Crippen LogP contribution in [-0.4, -0.2) is 22.4 Å². The van der Waals surface area contributed by atoms with Gasteiger partial charge in [-0.05, 0) is 24.6 Å². The minimum absolute atomic E-state index is 0.231. The molecule has 0 unspecified atom stereocenters. The summed E-state index contributed by atoms with van der Waals surface area (Å²) in [6.07, 6.45) is 4.72. The summed E-state index contributed by atoms with van der Waals surface area (Å²) in [6.45, 7) is 2.11. The number of carbonyl (C=O) groups is 1. The van der Waals surface area contributed by atoms with Gasteiger partial charge in [0.05, 0.1) is 17.7 Å². The molecule has 5 nitrogen and oxygen atoms in total. The van der Waals surface area contributed by atoms with E-state index in [4.69, 9.17) is 5.73 Å². The molecule has 2 aromatic rings. The molecule has 0 aromatic carbocycles. The van der Waals surface area contributed by atoms with Crippen LogP contribution < -0.4 is 11.1 Å². The van der Waals surface area contributed by atoms with Crippen molar-refractivity contribution in [2.75, 3.05) is 11.9 Å². The van der Waals surface area contributed by atoms with E-state index >= 15 is 0 Å². The number of carbonyl (C=O) groups excluding carboxylic acids is 1. The van der Waals surface area contributed by atoms with Crippen LogP contribution in [0.5, 0.6) is 0 Å². The van der Waals surface area contributed by atoms with E-state index in [1.165, 1.54) is 0 Å². The van der Waals surface area contributed by atoms with Gasteiger partial charge in [0.25, 0.3) is 5.91 Å². The van der Waals surface area contributed by atoms with E-state index in [0.29, 0.717) is 16.9 Å². The van der Waals surface area contributed by atoms with Crippen LogP contribution in [0.3, 0.4) is 0 Å². The molecule has 2 aromatic heterocycles. The molecule has 0 aliphatic carbocycles. The summed E-state index contributed by atoms with van der Waals surface area (Å²) in [5, 5.41) is 2.77. The van der Waals surface area contributed by atoms with Crippen LogP contribution in [0.1, 0.15) is 21.5 Å². The van der Waals surface area contributed by atoms with E-state index < -0.39 is 0 Å². The van der Waals surface area contributed by atoms with Gasteiger partial charge in [-0.1, -0.05) is 17.9 Å². The van der Waals surface area contributed by atoms with Crippen LogP contribution in [0.4, 0.5) is 5.82 Å². The van der Waals surface area contributed by atoms with Gasteiger partial charge in [-0.15, -0.1) is 0 Å². The van der Waals surface area contributed by atoms with Crippen LogP contribution >= 0.6 is 0 Å². The Balaban J connectivity index is 2.28. The maximum Gasteiger partial charge on any atom is 0.258 e. The normalized spacial score (nSPS) is 9.50. The van der Waals surface area contributed by atoms with Gasteiger partial charge in [-0.2, -0.15) is 0 Å². The highest BCUT2D eigenvalue weighted by Crippen LogP contribution is 2.13. The van der Waals surface area contributed by atoms with Crippen LogP contribution in [0, 0.1) is 18.8 Å². The van der Waals surface area contributed by atoms with E-state index in [-0.39, 0.29) is 12.5 Å². The lowest BCUT2D eigenvalue weighted by Crippen LogP contribution is -2.15. The molecule has 1 amide bonds. The monoisotopic (exact) mass is 266 g/mol. The average molecular weight is 266 g/mol. The topological polar surface area (TPSA) is 80.9 Å². The molecule has 0 bridgehead atoms. The number of rotatable bonds is 2. The van der Waals surface area contributed by atoms with Crippen molar-refractivity contribution in [3.63, 3.8) is 0 Å². The number of anilines is 1. The summed E-state index contributed by atoms with van der Waals surface area (Å²) in [5.41, 5.74) is 7.23. The number of nitrogens with one attached hydrogen (secondary N) is 1.